The first-order chi connectivity index (χ1) is 15.8. The van der Waals surface area contributed by atoms with Crippen LogP contribution in [0.3, 0.4) is 0 Å². The summed E-state index contributed by atoms with van der Waals surface area (Å²) in [5.41, 5.74) is 3.31. The van der Waals surface area contributed by atoms with Crippen LogP contribution in [0.5, 0.6) is 0 Å². The van der Waals surface area contributed by atoms with Gasteiger partial charge in [-0.3, -0.25) is 4.79 Å². The van der Waals surface area contributed by atoms with Crippen molar-refractivity contribution in [2.75, 3.05) is 31.6 Å². The molecule has 8 nitrogen and oxygen atoms in total. The van der Waals surface area contributed by atoms with Gasteiger partial charge in [-0.15, -0.1) is 0 Å². The summed E-state index contributed by atoms with van der Waals surface area (Å²) in [4.78, 5) is 17.6. The number of amides is 1. The quantitative estimate of drug-likeness (QED) is 0.512. The normalized spacial score (nSPS) is 16.1. The molecule has 1 fully saturated rings. The minimum Gasteiger partial charge on any atom is -0.379 e. The van der Waals surface area contributed by atoms with E-state index in [1.165, 1.54) is 16.1 Å². The molecule has 0 radical (unpaired) electrons. The Bertz CT molecular complexity index is 1250. The van der Waals surface area contributed by atoms with E-state index in [1.54, 1.807) is 18.2 Å². The molecule has 3 aromatic rings. The number of ether oxygens (including phenoxy) is 1. The summed E-state index contributed by atoms with van der Waals surface area (Å²) in [6.45, 7) is 7.97. The molecular weight excluding hydrogens is 460 g/mol. The lowest BCUT2D eigenvalue weighted by molar-refractivity contribution is -0.115. The average Bonchev–Trinajstić information content (AvgIpc) is 3.17. The number of carbonyl (C=O) groups excluding carboxylic acids is 1. The standard InChI is InChI=1S/C23H28N4O4S2/c1-4-27-21-10-9-19(33(29,30)26-11-13-31-14-12-26)15-20(21)25-23(27)32-17(3)22(28)24-18-7-5-16(2)6-8-18/h5-10,15,17H,4,11-14H2,1-3H3,(H,24,28)/t17-/m0/s1. The average molecular weight is 489 g/mol. The van der Waals surface area contributed by atoms with Crippen LogP contribution in [-0.4, -0.2) is 59.7 Å². The van der Waals surface area contributed by atoms with Crippen LogP contribution in [-0.2, 0) is 26.1 Å². The molecule has 0 spiro atoms. The van der Waals surface area contributed by atoms with E-state index in [4.69, 9.17) is 4.74 Å². The van der Waals surface area contributed by atoms with Crippen molar-refractivity contribution in [1.82, 2.24) is 13.9 Å². The second-order valence-corrected chi connectivity index (χ2v) is 11.2. The van der Waals surface area contributed by atoms with E-state index in [1.807, 2.05) is 49.6 Å². The Morgan fingerprint density at radius 3 is 2.55 bits per heavy atom. The van der Waals surface area contributed by atoms with Gasteiger partial charge in [-0.25, -0.2) is 13.4 Å². The Morgan fingerprint density at radius 2 is 1.88 bits per heavy atom. The van der Waals surface area contributed by atoms with Gasteiger partial charge in [-0.05, 0) is 51.1 Å². The maximum absolute atomic E-state index is 13.0. The van der Waals surface area contributed by atoms with Crippen LogP contribution in [0, 0.1) is 6.92 Å². The van der Waals surface area contributed by atoms with Crippen molar-refractivity contribution >= 4 is 44.4 Å². The highest BCUT2D eigenvalue weighted by Crippen LogP contribution is 2.30. The first-order valence-corrected chi connectivity index (χ1v) is 13.2. The first kappa shape index (κ1) is 23.7. The maximum atomic E-state index is 13.0. The predicted octanol–water partition coefficient (Wildman–Crippen LogP) is 3.50. The summed E-state index contributed by atoms with van der Waals surface area (Å²) in [6.07, 6.45) is 0. The van der Waals surface area contributed by atoms with Gasteiger partial charge in [-0.2, -0.15) is 4.31 Å². The van der Waals surface area contributed by atoms with Crippen LogP contribution in [0.25, 0.3) is 11.0 Å². The molecule has 1 atom stereocenters. The fourth-order valence-electron chi connectivity index (χ4n) is 3.67. The number of morpholine rings is 1. The zero-order chi connectivity index (χ0) is 23.6. The Kier molecular flexibility index (Phi) is 7.08. The highest BCUT2D eigenvalue weighted by Gasteiger charge is 2.27. The number of anilines is 1. The van der Waals surface area contributed by atoms with E-state index in [9.17, 15) is 13.2 Å². The van der Waals surface area contributed by atoms with Gasteiger partial charge in [0.2, 0.25) is 15.9 Å². The third kappa shape index (κ3) is 5.08. The summed E-state index contributed by atoms with van der Waals surface area (Å²) in [7, 11) is -3.60. The second kappa shape index (κ2) is 9.84. The monoisotopic (exact) mass is 488 g/mol. The number of fused-ring (bicyclic) bond motifs is 1. The van der Waals surface area contributed by atoms with Crippen LogP contribution < -0.4 is 5.32 Å². The van der Waals surface area contributed by atoms with Gasteiger partial charge >= 0.3 is 0 Å². The van der Waals surface area contributed by atoms with Crippen molar-refractivity contribution in [1.29, 1.82) is 0 Å². The third-order valence-electron chi connectivity index (χ3n) is 5.58. The molecule has 1 amide bonds. The van der Waals surface area contributed by atoms with Crippen molar-refractivity contribution in [2.24, 2.45) is 0 Å². The van der Waals surface area contributed by atoms with E-state index >= 15 is 0 Å². The molecule has 1 aliphatic rings. The summed E-state index contributed by atoms with van der Waals surface area (Å²) < 4.78 is 34.8. The Hall–Kier alpha value is -2.40. The number of nitrogens with one attached hydrogen (secondary N) is 1. The lowest BCUT2D eigenvalue weighted by Gasteiger charge is -2.26. The molecule has 0 unspecified atom stereocenters. The van der Waals surface area contributed by atoms with E-state index in [0.717, 1.165) is 16.8 Å². The molecule has 0 aliphatic carbocycles. The minimum absolute atomic E-state index is 0.117. The SMILES string of the molecule is CCn1c(S[C@@H](C)C(=O)Nc2ccc(C)cc2)nc2cc(S(=O)(=O)N3CCOCC3)ccc21. The number of nitrogens with zero attached hydrogens (tertiary/aromatic N) is 3. The number of imidazole rings is 1. The van der Waals surface area contributed by atoms with Crippen molar-refractivity contribution in [3.05, 3.63) is 48.0 Å². The molecule has 1 aliphatic heterocycles. The Labute approximate surface area is 198 Å². The van der Waals surface area contributed by atoms with Crippen molar-refractivity contribution < 1.29 is 17.9 Å². The molecule has 2 aromatic carbocycles. The number of hydrogen-bond donors (Lipinski definition) is 1. The lowest BCUT2D eigenvalue weighted by atomic mass is 10.2. The smallest absolute Gasteiger partial charge is 0.243 e. The summed E-state index contributed by atoms with van der Waals surface area (Å²) in [6, 6.07) is 12.7. The number of hydrogen-bond acceptors (Lipinski definition) is 6. The molecule has 4 rings (SSSR count). The van der Waals surface area contributed by atoms with Gasteiger partial charge in [0, 0.05) is 25.3 Å². The van der Waals surface area contributed by atoms with Crippen molar-refractivity contribution in [3.63, 3.8) is 0 Å². The number of carbonyl (C=O) groups is 1. The maximum Gasteiger partial charge on any atom is 0.243 e. The third-order valence-corrected chi connectivity index (χ3v) is 8.56. The highest BCUT2D eigenvalue weighted by molar-refractivity contribution is 8.00. The van der Waals surface area contributed by atoms with E-state index in [-0.39, 0.29) is 16.1 Å². The zero-order valence-corrected chi connectivity index (χ0v) is 20.6. The fraction of sp³-hybridized carbons (Fsp3) is 0.391. The Balaban J connectivity index is 1.56. The molecule has 2 heterocycles. The van der Waals surface area contributed by atoms with Crippen molar-refractivity contribution in [2.45, 2.75) is 42.6 Å². The topological polar surface area (TPSA) is 93.5 Å². The Morgan fingerprint density at radius 1 is 1.18 bits per heavy atom. The molecule has 176 valence electrons. The number of benzene rings is 2. The minimum atomic E-state index is -3.60. The molecule has 1 saturated heterocycles. The second-order valence-electron chi connectivity index (χ2n) is 7.92. The number of aromatic nitrogens is 2. The predicted molar refractivity (Wildman–Crippen MR) is 130 cm³/mol. The summed E-state index contributed by atoms with van der Waals surface area (Å²) >= 11 is 1.36. The summed E-state index contributed by atoms with van der Waals surface area (Å²) in [5, 5.41) is 3.23. The highest BCUT2D eigenvalue weighted by atomic mass is 32.2. The number of rotatable bonds is 7. The van der Waals surface area contributed by atoms with E-state index < -0.39 is 10.0 Å². The van der Waals surface area contributed by atoms with Gasteiger partial charge in [0.1, 0.15) is 0 Å². The van der Waals surface area contributed by atoms with Gasteiger partial charge in [0.15, 0.2) is 5.16 Å². The van der Waals surface area contributed by atoms with Crippen LogP contribution in [0.4, 0.5) is 5.69 Å². The van der Waals surface area contributed by atoms with Crippen molar-refractivity contribution in [3.8, 4) is 0 Å². The molecular formula is C23H28N4O4S2. The molecule has 33 heavy (non-hydrogen) atoms. The zero-order valence-electron chi connectivity index (χ0n) is 18.9. The van der Waals surface area contributed by atoms with Gasteiger partial charge in [-0.1, -0.05) is 29.5 Å². The molecule has 1 aromatic heterocycles. The number of thioether (sulfide) groups is 1. The molecule has 0 saturated carbocycles. The molecule has 10 heteroatoms. The van der Waals surface area contributed by atoms with Gasteiger partial charge < -0.3 is 14.6 Å². The lowest BCUT2D eigenvalue weighted by Crippen LogP contribution is -2.40. The van der Waals surface area contributed by atoms with Crippen LogP contribution in [0.15, 0.2) is 52.5 Å². The van der Waals surface area contributed by atoms with Crippen LogP contribution >= 0.6 is 11.8 Å². The fourth-order valence-corrected chi connectivity index (χ4v) is 6.09. The van der Waals surface area contributed by atoms with Crippen LogP contribution in [0.1, 0.15) is 19.4 Å². The summed E-state index contributed by atoms with van der Waals surface area (Å²) in [5.74, 6) is -0.117. The number of sulfonamides is 1. The van der Waals surface area contributed by atoms with Gasteiger partial charge in [0.05, 0.1) is 34.4 Å². The van der Waals surface area contributed by atoms with Crippen LogP contribution in [0.2, 0.25) is 0 Å². The van der Waals surface area contributed by atoms with E-state index in [2.05, 4.69) is 10.3 Å². The first-order valence-electron chi connectivity index (χ1n) is 10.9. The number of aryl methyl sites for hydroxylation is 2. The van der Waals surface area contributed by atoms with Gasteiger partial charge in [0.25, 0.3) is 0 Å². The molecule has 1 N–H and O–H groups in total. The largest absolute Gasteiger partial charge is 0.379 e. The molecule has 0 bridgehead atoms. The van der Waals surface area contributed by atoms with E-state index in [0.29, 0.717) is 43.5 Å².